The zero-order valence-electron chi connectivity index (χ0n) is 11.9. The lowest BCUT2D eigenvalue weighted by molar-refractivity contribution is -0.141. The molecular weight excluding hydrogens is 270 g/mol. The van der Waals surface area contributed by atoms with Gasteiger partial charge in [0.1, 0.15) is 0 Å². The number of aryl methyl sites for hydroxylation is 1. The number of esters is 1. The summed E-state index contributed by atoms with van der Waals surface area (Å²) >= 11 is 0. The van der Waals surface area contributed by atoms with Crippen LogP contribution in [0.1, 0.15) is 28.4 Å². The van der Waals surface area contributed by atoms with Crippen LogP contribution in [0.4, 0.5) is 0 Å². The summed E-state index contributed by atoms with van der Waals surface area (Å²) in [6.07, 6.45) is 3.18. The summed E-state index contributed by atoms with van der Waals surface area (Å²) < 4.78 is 6.24. The van der Waals surface area contributed by atoms with Crippen LogP contribution in [0.3, 0.4) is 0 Å². The van der Waals surface area contributed by atoms with Crippen LogP contribution in [0.2, 0.25) is 0 Å². The maximum Gasteiger partial charge on any atom is 0.307 e. The van der Waals surface area contributed by atoms with Gasteiger partial charge in [0.25, 0.3) is 5.91 Å². The number of benzene rings is 1. The first-order chi connectivity index (χ1) is 10.1. The summed E-state index contributed by atoms with van der Waals surface area (Å²) in [6, 6.07) is 8.87. The van der Waals surface area contributed by atoms with Crippen molar-refractivity contribution in [3.05, 3.63) is 53.9 Å². The van der Waals surface area contributed by atoms with E-state index in [4.69, 9.17) is 0 Å². The molecular formula is C15H17N3O3. The second kappa shape index (κ2) is 6.69. The summed E-state index contributed by atoms with van der Waals surface area (Å²) in [5.41, 5.74) is 1.29. The van der Waals surface area contributed by atoms with E-state index < -0.39 is 6.04 Å². The second-order valence-electron chi connectivity index (χ2n) is 4.62. The van der Waals surface area contributed by atoms with E-state index in [-0.39, 0.29) is 18.3 Å². The third-order valence-corrected chi connectivity index (χ3v) is 3.07. The molecule has 0 aliphatic rings. The molecule has 0 aliphatic heterocycles. The average Bonchev–Trinajstić information content (AvgIpc) is 2.94. The Labute approximate surface area is 122 Å². The van der Waals surface area contributed by atoms with E-state index in [0.717, 1.165) is 5.56 Å². The highest BCUT2D eigenvalue weighted by atomic mass is 16.5. The molecule has 0 spiro atoms. The molecule has 0 fully saturated rings. The highest BCUT2D eigenvalue weighted by Crippen LogP contribution is 2.17. The molecule has 110 valence electrons. The molecule has 1 amide bonds. The monoisotopic (exact) mass is 287 g/mol. The van der Waals surface area contributed by atoms with E-state index in [0.29, 0.717) is 5.56 Å². The van der Waals surface area contributed by atoms with Gasteiger partial charge in [0.05, 0.1) is 31.3 Å². The van der Waals surface area contributed by atoms with Gasteiger partial charge in [-0.25, -0.2) is 0 Å². The minimum atomic E-state index is -0.439. The first-order valence-electron chi connectivity index (χ1n) is 6.51. The Morgan fingerprint density at radius 1 is 1.33 bits per heavy atom. The number of rotatable bonds is 5. The Morgan fingerprint density at radius 3 is 2.62 bits per heavy atom. The molecule has 0 aliphatic carbocycles. The fourth-order valence-electron chi connectivity index (χ4n) is 1.97. The van der Waals surface area contributed by atoms with Crippen molar-refractivity contribution in [1.29, 1.82) is 0 Å². The highest BCUT2D eigenvalue weighted by Gasteiger charge is 2.20. The number of methoxy groups -OCH3 is 1. The lowest BCUT2D eigenvalue weighted by Gasteiger charge is -2.17. The summed E-state index contributed by atoms with van der Waals surface area (Å²) in [4.78, 5) is 23.7. The van der Waals surface area contributed by atoms with Gasteiger partial charge in [0.15, 0.2) is 0 Å². The Kier molecular flexibility index (Phi) is 4.71. The van der Waals surface area contributed by atoms with Gasteiger partial charge in [-0.1, -0.05) is 30.3 Å². The molecule has 0 radical (unpaired) electrons. The quantitative estimate of drug-likeness (QED) is 0.845. The van der Waals surface area contributed by atoms with Gasteiger partial charge in [0.2, 0.25) is 0 Å². The molecule has 2 aromatic rings. The molecule has 2 rings (SSSR count). The Balaban J connectivity index is 2.16. The molecule has 0 saturated carbocycles. The van der Waals surface area contributed by atoms with Crippen LogP contribution in [-0.4, -0.2) is 28.8 Å². The first kappa shape index (κ1) is 14.8. The molecule has 0 saturated heterocycles. The Morgan fingerprint density at radius 2 is 2.05 bits per heavy atom. The smallest absolute Gasteiger partial charge is 0.307 e. The SMILES string of the molecule is COC(=O)CC(NC(=O)c1cnn(C)c1)c1ccccc1. The molecule has 6 nitrogen and oxygen atoms in total. The maximum absolute atomic E-state index is 12.2. The molecule has 1 unspecified atom stereocenters. The third-order valence-electron chi connectivity index (χ3n) is 3.07. The number of amides is 1. The summed E-state index contributed by atoms with van der Waals surface area (Å²) in [5.74, 6) is -0.656. The lowest BCUT2D eigenvalue weighted by atomic mass is 10.0. The van der Waals surface area contributed by atoms with Crippen molar-refractivity contribution in [1.82, 2.24) is 15.1 Å². The van der Waals surface area contributed by atoms with E-state index >= 15 is 0 Å². The van der Waals surface area contributed by atoms with Crippen LogP contribution in [0, 0.1) is 0 Å². The molecule has 1 atom stereocenters. The van der Waals surface area contributed by atoms with Gasteiger partial charge in [0, 0.05) is 13.2 Å². The molecule has 21 heavy (non-hydrogen) atoms. The van der Waals surface area contributed by atoms with Gasteiger partial charge in [-0.15, -0.1) is 0 Å². The number of ether oxygens (including phenoxy) is 1. The van der Waals surface area contributed by atoms with Crippen LogP contribution < -0.4 is 5.32 Å². The van der Waals surface area contributed by atoms with Crippen LogP contribution in [0.25, 0.3) is 0 Å². The number of carbonyl (C=O) groups excluding carboxylic acids is 2. The predicted molar refractivity (Wildman–Crippen MR) is 76.5 cm³/mol. The van der Waals surface area contributed by atoms with E-state index in [2.05, 4.69) is 15.2 Å². The predicted octanol–water partition coefficient (Wildman–Crippen LogP) is 1.45. The molecule has 1 N–H and O–H groups in total. The fourth-order valence-corrected chi connectivity index (χ4v) is 1.97. The van der Waals surface area contributed by atoms with Crippen molar-refractivity contribution < 1.29 is 14.3 Å². The van der Waals surface area contributed by atoms with E-state index in [1.54, 1.807) is 17.9 Å². The second-order valence-corrected chi connectivity index (χ2v) is 4.62. The third kappa shape index (κ3) is 3.92. The van der Waals surface area contributed by atoms with Gasteiger partial charge in [-0.2, -0.15) is 5.10 Å². The number of hydrogen-bond acceptors (Lipinski definition) is 4. The van der Waals surface area contributed by atoms with Crippen LogP contribution in [0.15, 0.2) is 42.7 Å². The molecule has 1 heterocycles. The van der Waals surface area contributed by atoms with Crippen LogP contribution in [0.5, 0.6) is 0 Å². The molecule has 1 aromatic heterocycles. The van der Waals surface area contributed by atoms with Crippen molar-refractivity contribution >= 4 is 11.9 Å². The number of nitrogens with zero attached hydrogens (tertiary/aromatic N) is 2. The van der Waals surface area contributed by atoms with Gasteiger partial charge in [-0.3, -0.25) is 14.3 Å². The van der Waals surface area contributed by atoms with Crippen LogP contribution >= 0.6 is 0 Å². The summed E-state index contributed by atoms with van der Waals surface area (Å²) in [7, 11) is 3.06. The molecule has 1 aromatic carbocycles. The normalized spacial score (nSPS) is 11.7. The zero-order valence-corrected chi connectivity index (χ0v) is 11.9. The fraction of sp³-hybridized carbons (Fsp3) is 0.267. The largest absolute Gasteiger partial charge is 0.469 e. The summed E-state index contributed by atoms with van der Waals surface area (Å²) in [6.45, 7) is 0. The standard InChI is InChI=1S/C15H17N3O3/c1-18-10-12(9-16-18)15(20)17-13(8-14(19)21-2)11-6-4-3-5-7-11/h3-7,9-10,13H,8H2,1-2H3,(H,17,20). The van der Waals surface area contributed by atoms with E-state index in [1.807, 2.05) is 30.3 Å². The number of nitrogens with one attached hydrogen (secondary N) is 1. The van der Waals surface area contributed by atoms with Crippen molar-refractivity contribution in [2.45, 2.75) is 12.5 Å². The van der Waals surface area contributed by atoms with Crippen LogP contribution in [-0.2, 0) is 16.6 Å². The van der Waals surface area contributed by atoms with Gasteiger partial charge < -0.3 is 10.1 Å². The Bertz CT molecular complexity index is 622. The number of carbonyl (C=O) groups is 2. The zero-order chi connectivity index (χ0) is 15.2. The first-order valence-corrected chi connectivity index (χ1v) is 6.51. The average molecular weight is 287 g/mol. The minimum absolute atomic E-state index is 0.0759. The van der Waals surface area contributed by atoms with E-state index in [9.17, 15) is 9.59 Å². The number of hydrogen-bond donors (Lipinski definition) is 1. The maximum atomic E-state index is 12.2. The lowest BCUT2D eigenvalue weighted by Crippen LogP contribution is -2.30. The van der Waals surface area contributed by atoms with Crippen molar-refractivity contribution in [3.8, 4) is 0 Å². The minimum Gasteiger partial charge on any atom is -0.469 e. The number of aromatic nitrogens is 2. The van der Waals surface area contributed by atoms with Gasteiger partial charge in [-0.05, 0) is 5.56 Å². The van der Waals surface area contributed by atoms with Gasteiger partial charge >= 0.3 is 5.97 Å². The molecule has 6 heteroatoms. The summed E-state index contributed by atoms with van der Waals surface area (Å²) in [5, 5.41) is 6.79. The molecule has 0 bridgehead atoms. The van der Waals surface area contributed by atoms with Crippen molar-refractivity contribution in [2.24, 2.45) is 7.05 Å². The topological polar surface area (TPSA) is 73.2 Å². The Hall–Kier alpha value is -2.63. The van der Waals surface area contributed by atoms with Crippen molar-refractivity contribution in [2.75, 3.05) is 7.11 Å². The van der Waals surface area contributed by atoms with Crippen molar-refractivity contribution in [3.63, 3.8) is 0 Å². The van der Waals surface area contributed by atoms with E-state index in [1.165, 1.54) is 13.3 Å². The highest BCUT2D eigenvalue weighted by molar-refractivity contribution is 5.94.